The molecule has 146 valence electrons. The molecule has 0 saturated carbocycles. The smallest absolute Gasteiger partial charge is 0.261 e. The van der Waals surface area contributed by atoms with Crippen LogP contribution in [0.15, 0.2) is 41.8 Å². The molecule has 1 amide bonds. The zero-order valence-corrected chi connectivity index (χ0v) is 17.9. The number of halogens is 1. The van der Waals surface area contributed by atoms with Gasteiger partial charge in [-0.3, -0.25) is 4.79 Å². The van der Waals surface area contributed by atoms with E-state index >= 15 is 0 Å². The second kappa shape index (κ2) is 8.76. The van der Waals surface area contributed by atoms with Gasteiger partial charge < -0.3 is 10.1 Å². The van der Waals surface area contributed by atoms with Crippen molar-refractivity contribution in [1.29, 1.82) is 0 Å². The SMILES string of the molecule is Cc1ccc(-c2nc(CNC(=O)[C@@H](C)Oc3cc(C)c(Cl)c(C)c3)cs2)cc1. The van der Waals surface area contributed by atoms with E-state index in [-0.39, 0.29) is 5.91 Å². The highest BCUT2D eigenvalue weighted by Crippen LogP contribution is 2.27. The third kappa shape index (κ3) is 4.91. The number of thiazole rings is 1. The van der Waals surface area contributed by atoms with Crippen molar-refractivity contribution >= 4 is 28.8 Å². The van der Waals surface area contributed by atoms with Gasteiger partial charge in [0.05, 0.1) is 12.2 Å². The Morgan fingerprint density at radius 1 is 1.18 bits per heavy atom. The number of aromatic nitrogens is 1. The van der Waals surface area contributed by atoms with Gasteiger partial charge in [-0.1, -0.05) is 41.4 Å². The lowest BCUT2D eigenvalue weighted by Crippen LogP contribution is -2.36. The van der Waals surface area contributed by atoms with Crippen LogP contribution in [0.5, 0.6) is 5.75 Å². The van der Waals surface area contributed by atoms with E-state index in [2.05, 4.69) is 41.5 Å². The molecule has 1 heterocycles. The van der Waals surface area contributed by atoms with Crippen LogP contribution in [0.2, 0.25) is 5.02 Å². The summed E-state index contributed by atoms with van der Waals surface area (Å²) in [4.78, 5) is 17.0. The molecule has 0 fully saturated rings. The molecule has 4 nitrogen and oxygen atoms in total. The molecule has 0 unspecified atom stereocenters. The topological polar surface area (TPSA) is 51.2 Å². The van der Waals surface area contributed by atoms with Gasteiger partial charge in [-0.2, -0.15) is 0 Å². The number of carbonyl (C=O) groups excluding carboxylic acids is 1. The number of ether oxygens (including phenoxy) is 1. The summed E-state index contributed by atoms with van der Waals surface area (Å²) in [6.07, 6.45) is -0.616. The molecule has 2 aromatic carbocycles. The molecule has 0 aliphatic heterocycles. The molecule has 1 atom stereocenters. The number of benzene rings is 2. The Kier molecular flexibility index (Phi) is 6.37. The Hall–Kier alpha value is -2.37. The molecule has 6 heteroatoms. The van der Waals surface area contributed by atoms with Gasteiger partial charge in [0, 0.05) is 16.0 Å². The molecule has 1 aromatic heterocycles. The molecular formula is C22H23ClN2O2S. The lowest BCUT2D eigenvalue weighted by Gasteiger charge is -2.16. The van der Waals surface area contributed by atoms with Gasteiger partial charge in [0.25, 0.3) is 5.91 Å². The van der Waals surface area contributed by atoms with Gasteiger partial charge in [-0.05, 0) is 51.0 Å². The highest BCUT2D eigenvalue weighted by Gasteiger charge is 2.16. The van der Waals surface area contributed by atoms with E-state index in [0.29, 0.717) is 12.3 Å². The van der Waals surface area contributed by atoms with Crippen LogP contribution in [0.4, 0.5) is 0 Å². The summed E-state index contributed by atoms with van der Waals surface area (Å²) in [6, 6.07) is 11.9. The number of nitrogens with zero attached hydrogens (tertiary/aromatic N) is 1. The first kappa shape index (κ1) is 20.4. The van der Waals surface area contributed by atoms with Crippen LogP contribution in [0, 0.1) is 20.8 Å². The second-order valence-corrected chi connectivity index (χ2v) is 8.10. The summed E-state index contributed by atoms with van der Waals surface area (Å²) in [6.45, 7) is 7.99. The van der Waals surface area contributed by atoms with Gasteiger partial charge >= 0.3 is 0 Å². The number of amides is 1. The quantitative estimate of drug-likeness (QED) is 0.581. The van der Waals surface area contributed by atoms with E-state index in [4.69, 9.17) is 16.3 Å². The van der Waals surface area contributed by atoms with Gasteiger partial charge in [-0.15, -0.1) is 11.3 Å². The Bertz CT molecular complexity index is 959. The van der Waals surface area contributed by atoms with Crippen LogP contribution in [0.1, 0.15) is 29.3 Å². The van der Waals surface area contributed by atoms with Gasteiger partial charge in [0.2, 0.25) is 0 Å². The average Bonchev–Trinajstić information content (AvgIpc) is 3.13. The fourth-order valence-corrected chi connectivity index (χ4v) is 3.71. The van der Waals surface area contributed by atoms with Gasteiger partial charge in [-0.25, -0.2) is 4.98 Å². The van der Waals surface area contributed by atoms with Crippen molar-refractivity contribution in [2.24, 2.45) is 0 Å². The third-order valence-corrected chi connectivity index (χ3v) is 5.92. The first-order valence-corrected chi connectivity index (χ1v) is 10.3. The van der Waals surface area contributed by atoms with E-state index < -0.39 is 6.10 Å². The van der Waals surface area contributed by atoms with E-state index in [1.165, 1.54) is 5.56 Å². The van der Waals surface area contributed by atoms with Crippen LogP contribution in [0.25, 0.3) is 10.6 Å². The molecule has 0 bridgehead atoms. The molecular weight excluding hydrogens is 392 g/mol. The second-order valence-electron chi connectivity index (χ2n) is 6.86. The first-order valence-electron chi connectivity index (χ1n) is 9.06. The van der Waals surface area contributed by atoms with E-state index in [0.717, 1.165) is 32.4 Å². The molecule has 1 N–H and O–H groups in total. The Labute approximate surface area is 174 Å². The Morgan fingerprint density at radius 3 is 2.46 bits per heavy atom. The van der Waals surface area contributed by atoms with Crippen LogP contribution in [-0.4, -0.2) is 17.0 Å². The standard InChI is InChI=1S/C22H23ClN2O2S/c1-13-5-7-17(8-6-13)22-25-18(12-28-22)11-24-21(26)16(4)27-19-9-14(2)20(23)15(3)10-19/h5-10,12,16H,11H2,1-4H3,(H,24,26)/t16-/m1/s1. The van der Waals surface area contributed by atoms with Gasteiger partial charge in [0.15, 0.2) is 6.10 Å². The highest BCUT2D eigenvalue weighted by molar-refractivity contribution is 7.13. The zero-order valence-electron chi connectivity index (χ0n) is 16.4. The van der Waals surface area contributed by atoms with Crippen molar-refractivity contribution in [3.05, 3.63) is 69.2 Å². The van der Waals surface area contributed by atoms with E-state index in [9.17, 15) is 4.79 Å². The fraction of sp³-hybridized carbons (Fsp3) is 0.273. The van der Waals surface area contributed by atoms with Crippen LogP contribution < -0.4 is 10.1 Å². The highest BCUT2D eigenvalue weighted by atomic mass is 35.5. The summed E-state index contributed by atoms with van der Waals surface area (Å²) in [7, 11) is 0. The summed E-state index contributed by atoms with van der Waals surface area (Å²) in [5, 5.41) is 6.52. The summed E-state index contributed by atoms with van der Waals surface area (Å²) in [5.41, 5.74) is 4.98. The van der Waals surface area contributed by atoms with Crippen molar-refractivity contribution in [2.45, 2.75) is 40.3 Å². The van der Waals surface area contributed by atoms with Crippen molar-refractivity contribution < 1.29 is 9.53 Å². The number of hydrogen-bond donors (Lipinski definition) is 1. The van der Waals surface area contributed by atoms with Crippen molar-refractivity contribution in [3.63, 3.8) is 0 Å². The van der Waals surface area contributed by atoms with Crippen LogP contribution in [0.3, 0.4) is 0 Å². The number of rotatable bonds is 6. The minimum absolute atomic E-state index is 0.185. The molecule has 0 aliphatic carbocycles. The number of hydrogen-bond acceptors (Lipinski definition) is 4. The van der Waals surface area contributed by atoms with Crippen molar-refractivity contribution in [2.75, 3.05) is 0 Å². The minimum atomic E-state index is -0.616. The summed E-state index contributed by atoms with van der Waals surface area (Å²) in [5.74, 6) is 0.451. The monoisotopic (exact) mass is 414 g/mol. The maximum Gasteiger partial charge on any atom is 0.261 e. The molecule has 0 saturated heterocycles. The number of nitrogens with one attached hydrogen (secondary N) is 1. The lowest BCUT2D eigenvalue weighted by molar-refractivity contribution is -0.127. The molecule has 3 rings (SSSR count). The Morgan fingerprint density at radius 2 is 1.82 bits per heavy atom. The van der Waals surface area contributed by atoms with Crippen LogP contribution >= 0.6 is 22.9 Å². The normalized spacial score (nSPS) is 11.9. The van der Waals surface area contributed by atoms with Crippen molar-refractivity contribution in [3.8, 4) is 16.3 Å². The molecule has 0 aliphatic rings. The molecule has 28 heavy (non-hydrogen) atoms. The third-order valence-electron chi connectivity index (χ3n) is 4.39. The molecule has 0 spiro atoms. The van der Waals surface area contributed by atoms with Crippen molar-refractivity contribution in [1.82, 2.24) is 10.3 Å². The number of carbonyl (C=O) groups is 1. The average molecular weight is 415 g/mol. The Balaban J connectivity index is 1.57. The molecule has 0 radical (unpaired) electrons. The summed E-state index contributed by atoms with van der Waals surface area (Å²) < 4.78 is 5.78. The molecule has 3 aromatic rings. The zero-order chi connectivity index (χ0) is 20.3. The maximum absolute atomic E-state index is 12.4. The van der Waals surface area contributed by atoms with E-state index in [1.54, 1.807) is 18.3 Å². The first-order chi connectivity index (χ1) is 13.3. The predicted molar refractivity (Wildman–Crippen MR) is 115 cm³/mol. The maximum atomic E-state index is 12.4. The summed E-state index contributed by atoms with van der Waals surface area (Å²) >= 11 is 7.75. The largest absolute Gasteiger partial charge is 0.481 e. The van der Waals surface area contributed by atoms with Gasteiger partial charge in [0.1, 0.15) is 10.8 Å². The lowest BCUT2D eigenvalue weighted by atomic mass is 10.1. The minimum Gasteiger partial charge on any atom is -0.481 e. The predicted octanol–water partition coefficient (Wildman–Crippen LogP) is 5.47. The number of aryl methyl sites for hydroxylation is 3. The van der Waals surface area contributed by atoms with Crippen LogP contribution in [-0.2, 0) is 11.3 Å². The fourth-order valence-electron chi connectivity index (χ4n) is 2.77. The van der Waals surface area contributed by atoms with E-state index in [1.807, 2.05) is 31.4 Å².